The Morgan fingerprint density at radius 1 is 1.30 bits per heavy atom. The summed E-state index contributed by atoms with van der Waals surface area (Å²) in [4.78, 5) is 24.2. The van der Waals surface area contributed by atoms with Crippen LogP contribution in [0.1, 0.15) is 18.1 Å². The van der Waals surface area contributed by atoms with Gasteiger partial charge in [0.2, 0.25) is 5.91 Å². The number of carbonyl (C=O) groups excluding carboxylic acids is 1. The van der Waals surface area contributed by atoms with E-state index in [4.69, 9.17) is 0 Å². The Bertz CT molecular complexity index is 930. The number of benzene rings is 2. The lowest BCUT2D eigenvalue weighted by atomic mass is 10.2. The molecular weight excluding hydrogens is 371 g/mol. The molecule has 3 rings (SSSR count). The largest absolute Gasteiger partial charge is 0.284 e. The molecule has 138 valence electrons. The van der Waals surface area contributed by atoms with Gasteiger partial charge in [0.15, 0.2) is 5.17 Å². The van der Waals surface area contributed by atoms with E-state index in [2.05, 4.69) is 10.2 Å². The monoisotopic (exact) mass is 386 g/mol. The van der Waals surface area contributed by atoms with E-state index in [1.54, 1.807) is 31.2 Å². The van der Waals surface area contributed by atoms with Crippen molar-refractivity contribution in [2.24, 2.45) is 10.2 Å². The molecule has 1 amide bonds. The molecule has 9 heteroatoms. The van der Waals surface area contributed by atoms with Crippen molar-refractivity contribution in [3.8, 4) is 0 Å². The second-order valence-corrected chi connectivity index (χ2v) is 7.10. The molecule has 1 atom stereocenters. The Balaban J connectivity index is 1.78. The number of non-ortho nitro benzene ring substituents is 1. The van der Waals surface area contributed by atoms with Gasteiger partial charge in [0.1, 0.15) is 5.82 Å². The molecule has 0 unspecified atom stereocenters. The van der Waals surface area contributed by atoms with Gasteiger partial charge in [-0.2, -0.15) is 5.10 Å². The molecule has 27 heavy (non-hydrogen) atoms. The first-order valence-electron chi connectivity index (χ1n) is 8.02. The van der Waals surface area contributed by atoms with Crippen LogP contribution in [0.5, 0.6) is 0 Å². The Kier molecular flexibility index (Phi) is 5.60. The zero-order chi connectivity index (χ0) is 19.4. The third-order valence-electron chi connectivity index (χ3n) is 3.81. The minimum atomic E-state index is -0.485. The lowest BCUT2D eigenvalue weighted by Crippen LogP contribution is -2.30. The standard InChI is InChI=1S/C18H15FN4O3S/c1-12-17(24)22(11-13-5-7-15(19)8-6-13)18(27-12)21-20-10-14-3-2-4-16(9-14)23(25)26/h2-10,12H,11H2,1H3/b20-10-,21-18+/t12-/m1/s1. The van der Waals surface area contributed by atoms with Crippen molar-refractivity contribution in [1.29, 1.82) is 0 Å². The summed E-state index contributed by atoms with van der Waals surface area (Å²) in [5, 5.41) is 19.0. The van der Waals surface area contributed by atoms with Gasteiger partial charge in [-0.15, -0.1) is 5.10 Å². The number of nitro groups is 1. The summed E-state index contributed by atoms with van der Waals surface area (Å²) in [5.41, 5.74) is 1.26. The predicted octanol–water partition coefficient (Wildman–Crippen LogP) is 3.59. The zero-order valence-electron chi connectivity index (χ0n) is 14.3. The van der Waals surface area contributed by atoms with Crippen molar-refractivity contribution in [1.82, 2.24) is 4.90 Å². The van der Waals surface area contributed by atoms with Crippen LogP contribution in [0, 0.1) is 15.9 Å². The molecule has 0 N–H and O–H groups in total. The van der Waals surface area contributed by atoms with Crippen LogP contribution in [-0.2, 0) is 11.3 Å². The highest BCUT2D eigenvalue weighted by Crippen LogP contribution is 2.28. The van der Waals surface area contributed by atoms with E-state index in [-0.39, 0.29) is 29.2 Å². The molecule has 0 aliphatic carbocycles. The van der Waals surface area contributed by atoms with Crippen LogP contribution in [0.3, 0.4) is 0 Å². The summed E-state index contributed by atoms with van der Waals surface area (Å²) >= 11 is 1.28. The molecule has 2 aromatic carbocycles. The van der Waals surface area contributed by atoms with E-state index in [1.165, 1.54) is 47.1 Å². The molecule has 1 saturated heterocycles. The number of hydrogen-bond acceptors (Lipinski definition) is 6. The van der Waals surface area contributed by atoms with Gasteiger partial charge in [-0.3, -0.25) is 19.8 Å². The second kappa shape index (κ2) is 8.09. The fourth-order valence-corrected chi connectivity index (χ4v) is 3.37. The van der Waals surface area contributed by atoms with Crippen molar-refractivity contribution in [3.63, 3.8) is 0 Å². The van der Waals surface area contributed by atoms with Gasteiger partial charge in [-0.05, 0) is 24.6 Å². The first kappa shape index (κ1) is 18.7. The first-order chi connectivity index (χ1) is 12.9. The summed E-state index contributed by atoms with van der Waals surface area (Å²) < 4.78 is 13.1. The predicted molar refractivity (Wildman–Crippen MR) is 102 cm³/mol. The molecule has 7 nitrogen and oxygen atoms in total. The molecule has 1 aliphatic rings. The lowest BCUT2D eigenvalue weighted by molar-refractivity contribution is -0.384. The summed E-state index contributed by atoms with van der Waals surface area (Å²) in [6, 6.07) is 11.9. The minimum Gasteiger partial charge on any atom is -0.284 e. The molecular formula is C18H15FN4O3S. The van der Waals surface area contributed by atoms with Crippen LogP contribution in [-0.4, -0.2) is 32.4 Å². The van der Waals surface area contributed by atoms with Crippen molar-refractivity contribution in [2.75, 3.05) is 0 Å². The minimum absolute atomic E-state index is 0.0384. The van der Waals surface area contributed by atoms with Gasteiger partial charge in [0, 0.05) is 17.7 Å². The summed E-state index contributed by atoms with van der Waals surface area (Å²) in [6.45, 7) is 2.04. The van der Waals surface area contributed by atoms with Crippen LogP contribution < -0.4 is 0 Å². The fourth-order valence-electron chi connectivity index (χ4n) is 2.44. The summed E-state index contributed by atoms with van der Waals surface area (Å²) in [5.74, 6) is -0.446. The average molecular weight is 386 g/mol. The normalized spacial score (nSPS) is 18.6. The number of nitrogens with zero attached hydrogens (tertiary/aromatic N) is 4. The maximum atomic E-state index is 13.1. The number of hydrogen-bond donors (Lipinski definition) is 0. The maximum Gasteiger partial charge on any atom is 0.270 e. The Labute approximate surface area is 158 Å². The van der Waals surface area contributed by atoms with Crippen LogP contribution in [0.15, 0.2) is 58.7 Å². The number of carbonyl (C=O) groups is 1. The highest BCUT2D eigenvalue weighted by Gasteiger charge is 2.35. The molecule has 0 bridgehead atoms. The molecule has 2 aromatic rings. The molecule has 1 fully saturated rings. The number of rotatable bonds is 5. The van der Waals surface area contributed by atoms with Crippen LogP contribution in [0.25, 0.3) is 0 Å². The van der Waals surface area contributed by atoms with E-state index in [9.17, 15) is 19.3 Å². The lowest BCUT2D eigenvalue weighted by Gasteiger charge is -2.15. The second-order valence-electron chi connectivity index (χ2n) is 5.79. The quantitative estimate of drug-likeness (QED) is 0.446. The number of halogens is 1. The average Bonchev–Trinajstić information content (AvgIpc) is 2.91. The van der Waals surface area contributed by atoms with E-state index < -0.39 is 4.92 Å². The summed E-state index contributed by atoms with van der Waals surface area (Å²) in [7, 11) is 0. The van der Waals surface area contributed by atoms with E-state index in [0.29, 0.717) is 10.7 Å². The van der Waals surface area contributed by atoms with Gasteiger partial charge < -0.3 is 0 Å². The van der Waals surface area contributed by atoms with E-state index in [1.807, 2.05) is 0 Å². The van der Waals surface area contributed by atoms with E-state index in [0.717, 1.165) is 5.56 Å². The summed E-state index contributed by atoms with van der Waals surface area (Å²) in [6.07, 6.45) is 1.39. The Morgan fingerprint density at radius 2 is 2.04 bits per heavy atom. The number of amides is 1. The van der Waals surface area contributed by atoms with Crippen LogP contribution in [0.2, 0.25) is 0 Å². The Morgan fingerprint density at radius 3 is 2.74 bits per heavy atom. The van der Waals surface area contributed by atoms with Gasteiger partial charge >= 0.3 is 0 Å². The van der Waals surface area contributed by atoms with Crippen molar-refractivity contribution in [3.05, 3.63) is 75.6 Å². The highest BCUT2D eigenvalue weighted by molar-refractivity contribution is 8.15. The number of amidine groups is 1. The smallest absolute Gasteiger partial charge is 0.270 e. The molecule has 1 aliphatic heterocycles. The first-order valence-corrected chi connectivity index (χ1v) is 8.90. The maximum absolute atomic E-state index is 13.1. The van der Waals surface area contributed by atoms with Gasteiger partial charge in [-0.1, -0.05) is 36.0 Å². The molecule has 0 spiro atoms. The highest BCUT2D eigenvalue weighted by atomic mass is 32.2. The Hall–Kier alpha value is -3.07. The fraction of sp³-hybridized carbons (Fsp3) is 0.167. The van der Waals surface area contributed by atoms with Crippen molar-refractivity contribution >= 4 is 34.7 Å². The number of thioether (sulfide) groups is 1. The molecule has 0 aromatic heterocycles. The molecule has 0 saturated carbocycles. The van der Waals surface area contributed by atoms with Crippen molar-refractivity contribution in [2.45, 2.75) is 18.7 Å². The molecule has 0 radical (unpaired) electrons. The van der Waals surface area contributed by atoms with Crippen LogP contribution >= 0.6 is 11.8 Å². The van der Waals surface area contributed by atoms with Crippen molar-refractivity contribution < 1.29 is 14.1 Å². The number of nitro benzene ring substituents is 1. The van der Waals surface area contributed by atoms with Gasteiger partial charge in [-0.25, -0.2) is 4.39 Å². The third kappa shape index (κ3) is 4.56. The molecule has 1 heterocycles. The van der Waals surface area contributed by atoms with E-state index >= 15 is 0 Å². The zero-order valence-corrected chi connectivity index (χ0v) is 15.1. The van der Waals surface area contributed by atoms with Gasteiger partial charge in [0.25, 0.3) is 5.69 Å². The van der Waals surface area contributed by atoms with Gasteiger partial charge in [0.05, 0.1) is 22.9 Å². The third-order valence-corrected chi connectivity index (χ3v) is 4.88. The SMILES string of the molecule is C[C@H]1S/C(=N/N=C\c2cccc([N+](=O)[O-])c2)N(Cc2ccc(F)cc2)C1=O. The topological polar surface area (TPSA) is 88.2 Å². The van der Waals surface area contributed by atoms with Crippen LogP contribution in [0.4, 0.5) is 10.1 Å².